The molecule has 0 fully saturated rings. The predicted molar refractivity (Wildman–Crippen MR) is 59.5 cm³/mol. The van der Waals surface area contributed by atoms with E-state index >= 15 is 0 Å². The lowest BCUT2D eigenvalue weighted by molar-refractivity contribution is -0.138. The summed E-state index contributed by atoms with van der Waals surface area (Å²) in [4.78, 5) is 22.3. The number of hydrogen-bond acceptors (Lipinski definition) is 2. The van der Waals surface area contributed by atoms with E-state index in [1.165, 1.54) is 0 Å². The van der Waals surface area contributed by atoms with E-state index in [1.807, 2.05) is 26.0 Å². The molecule has 16 heavy (non-hydrogen) atoms. The van der Waals surface area contributed by atoms with Crippen molar-refractivity contribution in [2.24, 2.45) is 0 Å². The van der Waals surface area contributed by atoms with Crippen molar-refractivity contribution in [3.8, 4) is 0 Å². The Morgan fingerprint density at radius 1 is 1.44 bits per heavy atom. The Morgan fingerprint density at radius 2 is 2.12 bits per heavy atom. The third-order valence-corrected chi connectivity index (χ3v) is 3.09. The van der Waals surface area contributed by atoms with E-state index in [2.05, 4.69) is 5.32 Å². The predicted octanol–water partition coefficient (Wildman–Crippen LogP) is 1.81. The van der Waals surface area contributed by atoms with Crippen LogP contribution < -0.4 is 5.32 Å². The van der Waals surface area contributed by atoms with Gasteiger partial charge in [-0.25, -0.2) is 0 Å². The van der Waals surface area contributed by atoms with Gasteiger partial charge >= 0.3 is 5.97 Å². The van der Waals surface area contributed by atoms with E-state index in [9.17, 15) is 9.59 Å². The van der Waals surface area contributed by atoms with Crippen LogP contribution in [0.3, 0.4) is 0 Å². The summed E-state index contributed by atoms with van der Waals surface area (Å²) in [6.07, 6.45) is -0.151. The zero-order chi connectivity index (χ0) is 11.9. The van der Waals surface area contributed by atoms with Gasteiger partial charge < -0.3 is 10.4 Å². The van der Waals surface area contributed by atoms with E-state index in [1.54, 1.807) is 0 Å². The summed E-state index contributed by atoms with van der Waals surface area (Å²) in [6.45, 7) is 3.89. The summed E-state index contributed by atoms with van der Waals surface area (Å²) in [5, 5.41) is 11.5. The van der Waals surface area contributed by atoms with Crippen molar-refractivity contribution < 1.29 is 14.7 Å². The molecule has 1 aromatic carbocycles. The lowest BCUT2D eigenvalue weighted by Crippen LogP contribution is -2.15. The van der Waals surface area contributed by atoms with Crippen LogP contribution in [0.5, 0.6) is 0 Å². The fourth-order valence-electron chi connectivity index (χ4n) is 2.02. The number of carbonyl (C=O) groups excluding carboxylic acids is 1. The average Bonchev–Trinajstić information content (AvgIpc) is 2.51. The maximum absolute atomic E-state index is 11.7. The van der Waals surface area contributed by atoms with Gasteiger partial charge in [-0.15, -0.1) is 0 Å². The second kappa shape index (κ2) is 3.63. The van der Waals surface area contributed by atoms with E-state index < -0.39 is 11.9 Å². The van der Waals surface area contributed by atoms with Crippen LogP contribution in [0.2, 0.25) is 0 Å². The minimum absolute atomic E-state index is 0.151. The Balaban J connectivity index is 2.46. The Hall–Kier alpha value is -1.84. The summed E-state index contributed by atoms with van der Waals surface area (Å²) < 4.78 is 0. The van der Waals surface area contributed by atoms with E-state index in [4.69, 9.17) is 5.11 Å². The average molecular weight is 219 g/mol. The van der Waals surface area contributed by atoms with Crippen molar-refractivity contribution in [2.45, 2.75) is 26.2 Å². The molecule has 1 heterocycles. The van der Waals surface area contributed by atoms with Crippen LogP contribution in [0.15, 0.2) is 12.1 Å². The van der Waals surface area contributed by atoms with Gasteiger partial charge in [-0.3, -0.25) is 9.59 Å². The number of nitrogens with one attached hydrogen (secondary N) is 1. The van der Waals surface area contributed by atoms with Crippen LogP contribution in [0.1, 0.15) is 29.0 Å². The first-order valence-electron chi connectivity index (χ1n) is 5.13. The number of rotatable bonds is 2. The van der Waals surface area contributed by atoms with Crippen LogP contribution >= 0.6 is 0 Å². The molecule has 0 saturated heterocycles. The summed E-state index contributed by atoms with van der Waals surface area (Å²) in [5.41, 5.74) is 3.69. The molecule has 0 aliphatic carbocycles. The first kappa shape index (κ1) is 10.7. The number of carbonyl (C=O) groups is 2. The van der Waals surface area contributed by atoms with Gasteiger partial charge in [0.15, 0.2) is 0 Å². The molecule has 1 atom stereocenters. The van der Waals surface area contributed by atoms with Gasteiger partial charge in [0.2, 0.25) is 5.91 Å². The van der Waals surface area contributed by atoms with Crippen molar-refractivity contribution in [1.29, 1.82) is 0 Å². The van der Waals surface area contributed by atoms with Crippen molar-refractivity contribution in [1.82, 2.24) is 0 Å². The second-order valence-corrected chi connectivity index (χ2v) is 4.11. The Kier molecular flexibility index (Phi) is 2.42. The van der Waals surface area contributed by atoms with Crippen LogP contribution in [-0.4, -0.2) is 17.0 Å². The molecule has 0 aromatic heterocycles. The number of benzene rings is 1. The Labute approximate surface area is 93.3 Å². The fourth-order valence-corrected chi connectivity index (χ4v) is 2.02. The van der Waals surface area contributed by atoms with Crippen LogP contribution in [0.4, 0.5) is 5.69 Å². The molecule has 4 heteroatoms. The van der Waals surface area contributed by atoms with Crippen molar-refractivity contribution in [3.05, 3.63) is 28.8 Å². The first-order valence-corrected chi connectivity index (χ1v) is 5.13. The Bertz CT molecular complexity index is 479. The molecule has 2 N–H and O–H groups in total. The minimum atomic E-state index is -0.953. The third kappa shape index (κ3) is 1.56. The molecule has 0 radical (unpaired) electrons. The molecule has 1 aromatic rings. The molecular formula is C12H13NO3. The van der Waals surface area contributed by atoms with Gasteiger partial charge in [0.1, 0.15) is 0 Å². The number of hydrogen-bond donors (Lipinski definition) is 2. The normalized spacial score (nSPS) is 18.1. The highest BCUT2D eigenvalue weighted by Crippen LogP contribution is 2.37. The highest BCUT2D eigenvalue weighted by molar-refractivity contribution is 6.05. The highest BCUT2D eigenvalue weighted by atomic mass is 16.4. The van der Waals surface area contributed by atoms with Gasteiger partial charge in [-0.1, -0.05) is 12.1 Å². The standard InChI is InChI=1S/C12H13NO3/c1-6-3-4-8-9(5-10(14)15)12(16)13-11(8)7(6)2/h3-4,9H,5H2,1-2H3,(H,13,16)(H,14,15)/t9-/m0/s1. The maximum atomic E-state index is 11.7. The van der Waals surface area contributed by atoms with Crippen LogP contribution in [0.25, 0.3) is 0 Å². The first-order chi connectivity index (χ1) is 7.50. The molecule has 1 aliphatic rings. The number of carboxylic acids is 1. The van der Waals surface area contributed by atoms with E-state index in [-0.39, 0.29) is 12.3 Å². The molecule has 0 spiro atoms. The second-order valence-electron chi connectivity index (χ2n) is 4.11. The highest BCUT2D eigenvalue weighted by Gasteiger charge is 2.33. The number of carboxylic acid groups (broad SMARTS) is 1. The van der Waals surface area contributed by atoms with Crippen molar-refractivity contribution in [2.75, 3.05) is 5.32 Å². The number of anilines is 1. The summed E-state index contributed by atoms with van der Waals surface area (Å²) in [7, 11) is 0. The lowest BCUT2D eigenvalue weighted by atomic mass is 9.94. The summed E-state index contributed by atoms with van der Waals surface area (Å²) in [5.74, 6) is -1.72. The molecular weight excluding hydrogens is 206 g/mol. The van der Waals surface area contributed by atoms with Gasteiger partial charge in [-0.05, 0) is 30.5 Å². The fraction of sp³-hybridized carbons (Fsp3) is 0.333. The van der Waals surface area contributed by atoms with Gasteiger partial charge in [0, 0.05) is 5.69 Å². The van der Waals surface area contributed by atoms with Crippen LogP contribution in [-0.2, 0) is 9.59 Å². The topological polar surface area (TPSA) is 66.4 Å². The van der Waals surface area contributed by atoms with E-state index in [0.717, 1.165) is 22.4 Å². The largest absolute Gasteiger partial charge is 0.481 e. The molecule has 0 unspecified atom stereocenters. The molecule has 1 aliphatic heterocycles. The molecule has 84 valence electrons. The minimum Gasteiger partial charge on any atom is -0.481 e. The van der Waals surface area contributed by atoms with E-state index in [0.29, 0.717) is 0 Å². The zero-order valence-corrected chi connectivity index (χ0v) is 9.20. The molecule has 2 rings (SSSR count). The van der Waals surface area contributed by atoms with Crippen molar-refractivity contribution >= 4 is 17.6 Å². The van der Waals surface area contributed by atoms with Crippen molar-refractivity contribution in [3.63, 3.8) is 0 Å². The summed E-state index contributed by atoms with van der Waals surface area (Å²) >= 11 is 0. The maximum Gasteiger partial charge on any atom is 0.304 e. The van der Waals surface area contributed by atoms with Gasteiger partial charge in [0.05, 0.1) is 12.3 Å². The van der Waals surface area contributed by atoms with Gasteiger partial charge in [0.25, 0.3) is 0 Å². The zero-order valence-electron chi connectivity index (χ0n) is 9.20. The molecule has 1 amide bonds. The smallest absolute Gasteiger partial charge is 0.304 e. The number of fused-ring (bicyclic) bond motifs is 1. The third-order valence-electron chi connectivity index (χ3n) is 3.09. The van der Waals surface area contributed by atoms with Gasteiger partial charge in [-0.2, -0.15) is 0 Å². The number of amides is 1. The Morgan fingerprint density at radius 3 is 2.75 bits per heavy atom. The number of aliphatic carboxylic acids is 1. The molecule has 0 saturated carbocycles. The SMILES string of the molecule is Cc1ccc2c(c1C)NC(=O)[C@H]2CC(=O)O. The monoisotopic (exact) mass is 219 g/mol. The number of aryl methyl sites for hydroxylation is 1. The molecule has 4 nitrogen and oxygen atoms in total. The molecule has 0 bridgehead atoms. The lowest BCUT2D eigenvalue weighted by Gasteiger charge is -2.08. The van der Waals surface area contributed by atoms with Crippen LogP contribution in [0, 0.1) is 13.8 Å². The summed E-state index contributed by atoms with van der Waals surface area (Å²) in [6, 6.07) is 3.76. The quantitative estimate of drug-likeness (QED) is 0.797.